The lowest BCUT2D eigenvalue weighted by Gasteiger charge is -2.32. The van der Waals surface area contributed by atoms with Gasteiger partial charge in [-0.1, -0.05) is 11.6 Å². The number of nitrogens with zero attached hydrogens (tertiary/aromatic N) is 2. The molecule has 1 aromatic rings. The molecular weight excluding hydrogens is 302 g/mol. The molecule has 1 aromatic heterocycles. The van der Waals surface area contributed by atoms with E-state index in [1.54, 1.807) is 0 Å². The Balaban J connectivity index is 1.77. The molecule has 0 unspecified atom stereocenters. The van der Waals surface area contributed by atoms with Gasteiger partial charge in [0.05, 0.1) is 11.9 Å². The van der Waals surface area contributed by atoms with Crippen LogP contribution in [0.2, 0.25) is 0 Å². The van der Waals surface area contributed by atoms with Crippen LogP contribution in [-0.4, -0.2) is 35.6 Å². The largest absolute Gasteiger partial charge is 0.381 e. The first-order valence-corrected chi connectivity index (χ1v) is 7.66. The maximum absolute atomic E-state index is 4.24. The third-order valence-electron chi connectivity index (χ3n) is 3.44. The number of rotatable bonds is 4. The maximum atomic E-state index is 4.24. The molecule has 0 aliphatic carbocycles. The van der Waals surface area contributed by atoms with Gasteiger partial charge in [-0.25, -0.2) is 4.98 Å². The van der Waals surface area contributed by atoms with Crippen LogP contribution in [0.1, 0.15) is 26.7 Å². The molecule has 3 nitrogen and oxygen atoms in total. The molecule has 0 saturated carbocycles. The monoisotopic (exact) mass is 323 g/mol. The minimum atomic E-state index is 0.575. The second kappa shape index (κ2) is 7.06. The minimum absolute atomic E-state index is 0.575. The van der Waals surface area contributed by atoms with Gasteiger partial charge >= 0.3 is 0 Å². The molecular formula is C15H22BrN3. The van der Waals surface area contributed by atoms with E-state index in [9.17, 15) is 0 Å². The summed E-state index contributed by atoms with van der Waals surface area (Å²) < 4.78 is 0.884. The molecule has 0 radical (unpaired) electrons. The van der Waals surface area contributed by atoms with Gasteiger partial charge in [0.15, 0.2) is 0 Å². The van der Waals surface area contributed by atoms with Gasteiger partial charge in [-0.05, 0) is 54.8 Å². The predicted molar refractivity (Wildman–Crippen MR) is 84.5 cm³/mol. The number of likely N-dealkylation sites (tertiary alicyclic amines) is 1. The number of anilines is 1. The molecule has 104 valence electrons. The highest BCUT2D eigenvalue weighted by molar-refractivity contribution is 9.10. The molecule has 4 heteroatoms. The quantitative estimate of drug-likeness (QED) is 0.676. The summed E-state index contributed by atoms with van der Waals surface area (Å²) in [5.74, 6) is 0. The van der Waals surface area contributed by atoms with E-state index in [4.69, 9.17) is 0 Å². The van der Waals surface area contributed by atoms with Crippen molar-refractivity contribution in [3.63, 3.8) is 0 Å². The van der Waals surface area contributed by atoms with Gasteiger partial charge in [0.2, 0.25) is 0 Å². The standard InChI is InChI=1S/C15H22BrN3/c1-12(2)5-8-19-9-6-13(7-10-19)18-14-3-4-15(16)17-11-14/h3-5,11,13,18H,6-10H2,1-2H3. The second-order valence-electron chi connectivity index (χ2n) is 5.37. The predicted octanol–water partition coefficient (Wildman–Crippen LogP) is 3.69. The lowest BCUT2D eigenvalue weighted by molar-refractivity contribution is 0.240. The third-order valence-corrected chi connectivity index (χ3v) is 3.91. The summed E-state index contributed by atoms with van der Waals surface area (Å²) in [6, 6.07) is 4.63. The van der Waals surface area contributed by atoms with Crippen LogP contribution in [0, 0.1) is 0 Å². The Morgan fingerprint density at radius 2 is 2.16 bits per heavy atom. The van der Waals surface area contributed by atoms with Crippen molar-refractivity contribution in [3.05, 3.63) is 34.6 Å². The summed E-state index contributed by atoms with van der Waals surface area (Å²) in [6.45, 7) is 7.76. The fourth-order valence-corrected chi connectivity index (χ4v) is 2.50. The van der Waals surface area contributed by atoms with E-state index in [2.05, 4.69) is 57.1 Å². The van der Waals surface area contributed by atoms with Gasteiger partial charge in [0.1, 0.15) is 4.60 Å². The van der Waals surface area contributed by atoms with Crippen LogP contribution in [0.3, 0.4) is 0 Å². The van der Waals surface area contributed by atoms with Crippen molar-refractivity contribution in [2.45, 2.75) is 32.7 Å². The Hall–Kier alpha value is -0.870. The Bertz CT molecular complexity index is 416. The van der Waals surface area contributed by atoms with Crippen LogP contribution in [0.5, 0.6) is 0 Å². The highest BCUT2D eigenvalue weighted by Crippen LogP contribution is 2.17. The molecule has 0 atom stereocenters. The highest BCUT2D eigenvalue weighted by atomic mass is 79.9. The molecule has 19 heavy (non-hydrogen) atoms. The van der Waals surface area contributed by atoms with Gasteiger partial charge in [0, 0.05) is 25.7 Å². The summed E-state index contributed by atoms with van der Waals surface area (Å²) in [5.41, 5.74) is 2.52. The van der Waals surface area contributed by atoms with Crippen molar-refractivity contribution in [3.8, 4) is 0 Å². The Labute approximate surface area is 124 Å². The zero-order valence-electron chi connectivity index (χ0n) is 11.7. The Morgan fingerprint density at radius 3 is 2.74 bits per heavy atom. The fourth-order valence-electron chi connectivity index (χ4n) is 2.27. The molecule has 2 rings (SSSR count). The number of nitrogens with one attached hydrogen (secondary N) is 1. The smallest absolute Gasteiger partial charge is 0.106 e. The van der Waals surface area contributed by atoms with E-state index >= 15 is 0 Å². The van der Waals surface area contributed by atoms with Crippen molar-refractivity contribution in [2.24, 2.45) is 0 Å². The van der Waals surface area contributed by atoms with Gasteiger partial charge < -0.3 is 5.32 Å². The Morgan fingerprint density at radius 1 is 1.42 bits per heavy atom. The van der Waals surface area contributed by atoms with Crippen LogP contribution in [0.25, 0.3) is 0 Å². The molecule has 0 spiro atoms. The zero-order valence-corrected chi connectivity index (χ0v) is 13.3. The average Bonchev–Trinajstić information content (AvgIpc) is 2.40. The van der Waals surface area contributed by atoms with Crippen LogP contribution in [-0.2, 0) is 0 Å². The summed E-state index contributed by atoms with van der Waals surface area (Å²) in [5, 5.41) is 3.57. The fraction of sp³-hybridized carbons (Fsp3) is 0.533. The van der Waals surface area contributed by atoms with Crippen molar-refractivity contribution in [1.82, 2.24) is 9.88 Å². The van der Waals surface area contributed by atoms with E-state index < -0.39 is 0 Å². The van der Waals surface area contributed by atoms with Crippen molar-refractivity contribution in [2.75, 3.05) is 25.0 Å². The minimum Gasteiger partial charge on any atom is -0.381 e. The van der Waals surface area contributed by atoms with Gasteiger partial charge in [-0.2, -0.15) is 0 Å². The van der Waals surface area contributed by atoms with Crippen molar-refractivity contribution in [1.29, 1.82) is 0 Å². The van der Waals surface area contributed by atoms with E-state index in [1.165, 1.54) is 31.5 Å². The number of pyridine rings is 1. The second-order valence-corrected chi connectivity index (χ2v) is 6.18. The van der Waals surface area contributed by atoms with E-state index in [0.29, 0.717) is 6.04 Å². The first kappa shape index (κ1) is 14.5. The van der Waals surface area contributed by atoms with E-state index in [1.807, 2.05) is 12.3 Å². The molecule has 1 saturated heterocycles. The lowest BCUT2D eigenvalue weighted by atomic mass is 10.0. The summed E-state index contributed by atoms with van der Waals surface area (Å²) in [6.07, 6.45) is 6.60. The molecule has 1 N–H and O–H groups in total. The lowest BCUT2D eigenvalue weighted by Crippen LogP contribution is -2.39. The summed E-state index contributed by atoms with van der Waals surface area (Å²) >= 11 is 3.36. The number of aromatic nitrogens is 1. The van der Waals surface area contributed by atoms with Crippen LogP contribution in [0.15, 0.2) is 34.6 Å². The summed E-state index contributed by atoms with van der Waals surface area (Å²) in [4.78, 5) is 6.76. The molecule has 1 aliphatic rings. The van der Waals surface area contributed by atoms with E-state index in [0.717, 1.165) is 16.8 Å². The maximum Gasteiger partial charge on any atom is 0.106 e. The molecule has 1 aliphatic heterocycles. The molecule has 0 bridgehead atoms. The van der Waals surface area contributed by atoms with Crippen LogP contribution in [0.4, 0.5) is 5.69 Å². The van der Waals surface area contributed by atoms with Crippen LogP contribution >= 0.6 is 15.9 Å². The summed E-state index contributed by atoms with van der Waals surface area (Å²) in [7, 11) is 0. The number of hydrogen-bond acceptors (Lipinski definition) is 3. The van der Waals surface area contributed by atoms with Crippen molar-refractivity contribution < 1.29 is 0 Å². The number of allylic oxidation sites excluding steroid dienone is 1. The number of halogens is 1. The molecule has 0 aromatic carbocycles. The average molecular weight is 324 g/mol. The first-order chi connectivity index (χ1) is 9.13. The molecule has 0 amide bonds. The van der Waals surface area contributed by atoms with E-state index in [-0.39, 0.29) is 0 Å². The third kappa shape index (κ3) is 4.96. The van der Waals surface area contributed by atoms with Gasteiger partial charge in [0.25, 0.3) is 0 Å². The van der Waals surface area contributed by atoms with Gasteiger partial charge in [-0.3, -0.25) is 4.90 Å². The normalized spacial score (nSPS) is 17.2. The van der Waals surface area contributed by atoms with Crippen molar-refractivity contribution >= 4 is 21.6 Å². The molecule has 1 fully saturated rings. The first-order valence-electron chi connectivity index (χ1n) is 6.87. The number of hydrogen-bond donors (Lipinski definition) is 1. The highest BCUT2D eigenvalue weighted by Gasteiger charge is 2.18. The molecule has 2 heterocycles. The SMILES string of the molecule is CC(C)=CCN1CCC(Nc2ccc(Br)nc2)CC1. The Kier molecular flexibility index (Phi) is 5.40. The zero-order chi connectivity index (χ0) is 13.7. The van der Waals surface area contributed by atoms with Crippen LogP contribution < -0.4 is 5.32 Å². The number of piperidine rings is 1. The van der Waals surface area contributed by atoms with Gasteiger partial charge in [-0.15, -0.1) is 0 Å². The topological polar surface area (TPSA) is 28.2 Å².